The SMILES string of the molecule is CN1NC2=CN(CC3(O)CCN(C(=O)C[C@H](c4ccccc4)C(F)(F)F)CC3)C=NC2=C1c1ccc(CN)cc1. The maximum absolute atomic E-state index is 13.7. The average molecular weight is 555 g/mol. The Bertz CT molecular complexity index is 1320. The van der Waals surface area contributed by atoms with Crippen molar-refractivity contribution in [2.45, 2.75) is 43.5 Å². The molecule has 4 N–H and O–H groups in total. The quantitative estimate of drug-likeness (QED) is 0.485. The minimum Gasteiger partial charge on any atom is -0.388 e. The fourth-order valence-corrected chi connectivity index (χ4v) is 5.43. The summed E-state index contributed by atoms with van der Waals surface area (Å²) in [5.74, 6) is -2.42. The van der Waals surface area contributed by atoms with Gasteiger partial charge in [0, 0.05) is 44.9 Å². The number of amides is 1. The van der Waals surface area contributed by atoms with Crippen LogP contribution in [0.2, 0.25) is 0 Å². The molecule has 0 radical (unpaired) electrons. The molecular formula is C29H33F3N6O2. The lowest BCUT2D eigenvalue weighted by atomic mass is 9.89. The molecule has 5 rings (SSSR count). The van der Waals surface area contributed by atoms with E-state index in [0.717, 1.165) is 28.2 Å². The molecule has 2 aromatic rings. The van der Waals surface area contributed by atoms with Crippen molar-refractivity contribution in [1.29, 1.82) is 0 Å². The largest absolute Gasteiger partial charge is 0.396 e. The standard InChI is InChI=1S/C29H33F3N6O2/c1-36-27(22-9-7-20(16-33)8-10-22)26-24(35-36)17-37(19-34-26)18-28(40)11-13-38(14-12-28)25(39)15-23(29(30,31)32)21-5-3-2-4-6-21/h2-10,17,19,23,35,40H,11-16,18,33H2,1H3/t23-/m1/s1. The number of alkyl halides is 3. The highest BCUT2D eigenvalue weighted by atomic mass is 19.4. The highest BCUT2D eigenvalue weighted by molar-refractivity contribution is 5.78. The lowest BCUT2D eigenvalue weighted by Gasteiger charge is -2.40. The number of carbonyl (C=O) groups excluding carboxylic acids is 1. The Hall–Kier alpha value is -3.83. The summed E-state index contributed by atoms with van der Waals surface area (Å²) in [6, 6.07) is 15.5. The van der Waals surface area contributed by atoms with Gasteiger partial charge in [0.2, 0.25) is 5.91 Å². The summed E-state index contributed by atoms with van der Waals surface area (Å²) in [7, 11) is 1.90. The van der Waals surface area contributed by atoms with Gasteiger partial charge in [-0.3, -0.25) is 15.2 Å². The number of hydrazine groups is 1. The zero-order chi connectivity index (χ0) is 28.5. The Morgan fingerprint density at radius 2 is 1.80 bits per heavy atom. The number of hydrogen-bond acceptors (Lipinski definition) is 7. The number of benzene rings is 2. The van der Waals surface area contributed by atoms with Gasteiger partial charge < -0.3 is 20.6 Å². The molecule has 212 valence electrons. The molecule has 2 aromatic carbocycles. The van der Waals surface area contributed by atoms with Gasteiger partial charge in [0.1, 0.15) is 5.70 Å². The highest BCUT2D eigenvalue weighted by Crippen LogP contribution is 2.38. The van der Waals surface area contributed by atoms with Crippen LogP contribution in [0.3, 0.4) is 0 Å². The number of likely N-dealkylation sites (tertiary alicyclic amines) is 1. The first-order chi connectivity index (χ1) is 19.1. The maximum Gasteiger partial charge on any atom is 0.396 e. The predicted molar refractivity (Wildman–Crippen MR) is 146 cm³/mol. The maximum atomic E-state index is 13.7. The Morgan fingerprint density at radius 3 is 2.42 bits per heavy atom. The smallest absolute Gasteiger partial charge is 0.388 e. The van der Waals surface area contributed by atoms with Crippen LogP contribution in [0.5, 0.6) is 0 Å². The monoisotopic (exact) mass is 554 g/mol. The van der Waals surface area contributed by atoms with E-state index in [-0.39, 0.29) is 38.0 Å². The van der Waals surface area contributed by atoms with Gasteiger partial charge in [-0.05, 0) is 24.0 Å². The van der Waals surface area contributed by atoms with E-state index in [1.54, 1.807) is 17.3 Å². The van der Waals surface area contributed by atoms with Crippen molar-refractivity contribution in [1.82, 2.24) is 20.2 Å². The van der Waals surface area contributed by atoms with Crippen molar-refractivity contribution in [3.05, 3.63) is 88.9 Å². The molecule has 0 bridgehead atoms. The van der Waals surface area contributed by atoms with Crippen molar-refractivity contribution in [3.8, 4) is 0 Å². The molecule has 0 spiro atoms. The Balaban J connectivity index is 1.21. The number of fused-ring (bicyclic) bond motifs is 1. The van der Waals surface area contributed by atoms with Crippen LogP contribution in [-0.2, 0) is 11.3 Å². The molecule has 1 saturated heterocycles. The summed E-state index contributed by atoms with van der Waals surface area (Å²) in [6.07, 6.45) is -1.13. The molecule has 3 aliphatic rings. The average Bonchev–Trinajstić information content (AvgIpc) is 3.26. The summed E-state index contributed by atoms with van der Waals surface area (Å²) in [6.45, 7) is 1.09. The molecule has 0 aliphatic carbocycles. The van der Waals surface area contributed by atoms with Gasteiger partial charge in [-0.15, -0.1) is 0 Å². The van der Waals surface area contributed by atoms with Crippen molar-refractivity contribution in [2.24, 2.45) is 10.7 Å². The Kier molecular flexibility index (Phi) is 7.61. The van der Waals surface area contributed by atoms with E-state index in [2.05, 4.69) is 10.4 Å². The molecule has 0 unspecified atom stereocenters. The number of hydrogen-bond donors (Lipinski definition) is 3. The van der Waals surface area contributed by atoms with Crippen LogP contribution < -0.4 is 11.2 Å². The molecule has 1 atom stereocenters. The molecule has 11 heteroatoms. The molecule has 0 saturated carbocycles. The summed E-state index contributed by atoms with van der Waals surface area (Å²) in [5, 5.41) is 13.2. The highest BCUT2D eigenvalue weighted by Gasteiger charge is 2.43. The number of nitrogens with one attached hydrogen (secondary N) is 1. The number of β-amino-alcohol motifs (C(OH)–C–C–N with tert-alkyl or cyclic N) is 1. The number of nitrogens with two attached hydrogens (primary N) is 1. The minimum absolute atomic E-state index is 0.0737. The zero-order valence-corrected chi connectivity index (χ0v) is 22.2. The number of halogens is 3. The van der Waals surface area contributed by atoms with Gasteiger partial charge in [0.25, 0.3) is 0 Å². The fourth-order valence-electron chi connectivity index (χ4n) is 5.43. The number of rotatable bonds is 7. The summed E-state index contributed by atoms with van der Waals surface area (Å²) < 4.78 is 41.2. The second kappa shape index (κ2) is 11.0. The third-order valence-corrected chi connectivity index (χ3v) is 7.70. The van der Waals surface area contributed by atoms with Gasteiger partial charge in [0.15, 0.2) is 0 Å². The predicted octanol–water partition coefficient (Wildman–Crippen LogP) is 3.54. The van der Waals surface area contributed by atoms with Crippen LogP contribution in [-0.4, -0.2) is 70.6 Å². The first-order valence-corrected chi connectivity index (χ1v) is 13.2. The Labute approximate surface area is 231 Å². The topological polar surface area (TPSA) is 97.4 Å². The fraction of sp³-hybridized carbons (Fsp3) is 0.379. The van der Waals surface area contributed by atoms with Gasteiger partial charge in [-0.1, -0.05) is 54.6 Å². The van der Waals surface area contributed by atoms with Crippen LogP contribution in [0.25, 0.3) is 5.70 Å². The third kappa shape index (κ3) is 5.85. The lowest BCUT2D eigenvalue weighted by molar-refractivity contribution is -0.162. The second-order valence-corrected chi connectivity index (χ2v) is 10.5. The number of aliphatic hydroxyl groups is 1. The van der Waals surface area contributed by atoms with E-state index in [1.807, 2.05) is 42.5 Å². The first kappa shape index (κ1) is 27.7. The van der Waals surface area contributed by atoms with E-state index in [0.29, 0.717) is 6.54 Å². The van der Waals surface area contributed by atoms with Gasteiger partial charge >= 0.3 is 6.18 Å². The second-order valence-electron chi connectivity index (χ2n) is 10.5. The van der Waals surface area contributed by atoms with Crippen LogP contribution in [0.1, 0.15) is 41.9 Å². The number of aliphatic imine (C=N–C) groups is 1. The van der Waals surface area contributed by atoms with E-state index < -0.39 is 30.0 Å². The molecule has 8 nitrogen and oxygen atoms in total. The van der Waals surface area contributed by atoms with Gasteiger partial charge in [-0.25, -0.2) is 4.99 Å². The molecule has 1 fully saturated rings. The normalized spacial score (nSPS) is 19.4. The number of nitrogens with zero attached hydrogens (tertiary/aromatic N) is 4. The van der Waals surface area contributed by atoms with Gasteiger partial charge in [-0.2, -0.15) is 13.2 Å². The van der Waals surface area contributed by atoms with Crippen molar-refractivity contribution >= 4 is 17.9 Å². The molecule has 1 amide bonds. The van der Waals surface area contributed by atoms with Crippen molar-refractivity contribution in [2.75, 3.05) is 26.7 Å². The van der Waals surface area contributed by atoms with Crippen molar-refractivity contribution in [3.63, 3.8) is 0 Å². The van der Waals surface area contributed by atoms with Crippen LogP contribution in [0, 0.1) is 0 Å². The molecule has 40 heavy (non-hydrogen) atoms. The van der Waals surface area contributed by atoms with E-state index in [9.17, 15) is 23.1 Å². The third-order valence-electron chi connectivity index (χ3n) is 7.70. The van der Waals surface area contributed by atoms with Crippen LogP contribution >= 0.6 is 0 Å². The Morgan fingerprint density at radius 1 is 1.12 bits per heavy atom. The zero-order valence-electron chi connectivity index (χ0n) is 22.2. The van der Waals surface area contributed by atoms with E-state index >= 15 is 0 Å². The molecule has 0 aromatic heterocycles. The van der Waals surface area contributed by atoms with Gasteiger partial charge in [0.05, 0.1) is 35.8 Å². The summed E-state index contributed by atoms with van der Waals surface area (Å²) >= 11 is 0. The van der Waals surface area contributed by atoms with Crippen LogP contribution in [0.15, 0.2) is 77.2 Å². The number of carbonyl (C=O) groups is 1. The van der Waals surface area contributed by atoms with E-state index in [4.69, 9.17) is 5.73 Å². The van der Waals surface area contributed by atoms with Crippen molar-refractivity contribution < 1.29 is 23.1 Å². The molecular weight excluding hydrogens is 521 g/mol. The van der Waals surface area contributed by atoms with Crippen LogP contribution in [0.4, 0.5) is 13.2 Å². The lowest BCUT2D eigenvalue weighted by Crippen LogP contribution is -2.51. The minimum atomic E-state index is -4.53. The molecule has 3 aliphatic heterocycles. The van der Waals surface area contributed by atoms with E-state index in [1.165, 1.54) is 29.2 Å². The first-order valence-electron chi connectivity index (χ1n) is 13.2. The summed E-state index contributed by atoms with van der Waals surface area (Å²) in [4.78, 5) is 20.7. The summed E-state index contributed by atoms with van der Waals surface area (Å²) in [5.41, 5.74) is 12.5. The molecule has 3 heterocycles. The number of piperidine rings is 1.